The standard InChI is InChI=1S/C22H27FN4O/c1-22(2,15-26(3)4)14-25-20(28)13-27-19(16-7-9-18(23)10-8-16)12-17-6-5-11-24-21(17)27/h5-12H,13-15H2,1-4H3,(H,25,28). The van der Waals surface area contributed by atoms with Crippen molar-refractivity contribution in [2.24, 2.45) is 5.41 Å². The van der Waals surface area contributed by atoms with Gasteiger partial charge >= 0.3 is 0 Å². The lowest BCUT2D eigenvalue weighted by molar-refractivity contribution is -0.122. The predicted octanol–water partition coefficient (Wildman–Crippen LogP) is 3.55. The van der Waals surface area contributed by atoms with Crippen molar-refractivity contribution in [2.75, 3.05) is 27.2 Å². The third-order valence-corrected chi connectivity index (χ3v) is 4.61. The van der Waals surface area contributed by atoms with Crippen LogP contribution in [0.5, 0.6) is 0 Å². The first-order valence-electron chi connectivity index (χ1n) is 9.37. The van der Waals surface area contributed by atoms with Gasteiger partial charge in [-0.05, 0) is 67.5 Å². The molecule has 0 aliphatic carbocycles. The van der Waals surface area contributed by atoms with Crippen molar-refractivity contribution in [1.29, 1.82) is 0 Å². The van der Waals surface area contributed by atoms with E-state index in [1.165, 1.54) is 12.1 Å². The third-order valence-electron chi connectivity index (χ3n) is 4.61. The minimum absolute atomic E-state index is 0.0318. The van der Waals surface area contributed by atoms with Crippen LogP contribution in [0.4, 0.5) is 4.39 Å². The minimum atomic E-state index is -0.287. The summed E-state index contributed by atoms with van der Waals surface area (Å²) in [5.74, 6) is -0.358. The van der Waals surface area contributed by atoms with Crippen LogP contribution < -0.4 is 5.32 Å². The summed E-state index contributed by atoms with van der Waals surface area (Å²) >= 11 is 0. The number of carbonyl (C=O) groups excluding carboxylic acids is 1. The van der Waals surface area contributed by atoms with Crippen LogP contribution in [0.3, 0.4) is 0 Å². The number of nitrogens with zero attached hydrogens (tertiary/aromatic N) is 3. The Morgan fingerprint density at radius 3 is 2.61 bits per heavy atom. The number of halogens is 1. The number of amides is 1. The Morgan fingerprint density at radius 2 is 1.93 bits per heavy atom. The van der Waals surface area contributed by atoms with Gasteiger partial charge in [0.1, 0.15) is 18.0 Å². The summed E-state index contributed by atoms with van der Waals surface area (Å²) in [4.78, 5) is 19.3. The Bertz CT molecular complexity index is 960. The summed E-state index contributed by atoms with van der Waals surface area (Å²) in [6.45, 7) is 5.88. The maximum atomic E-state index is 13.3. The van der Waals surface area contributed by atoms with Crippen molar-refractivity contribution < 1.29 is 9.18 Å². The van der Waals surface area contributed by atoms with Crippen LogP contribution in [0.25, 0.3) is 22.3 Å². The second kappa shape index (κ2) is 8.10. The van der Waals surface area contributed by atoms with Crippen molar-refractivity contribution >= 4 is 16.9 Å². The van der Waals surface area contributed by atoms with Gasteiger partial charge in [-0.3, -0.25) is 4.79 Å². The summed E-state index contributed by atoms with van der Waals surface area (Å²) in [5.41, 5.74) is 2.40. The normalized spacial score (nSPS) is 11.9. The van der Waals surface area contributed by atoms with Crippen LogP contribution >= 0.6 is 0 Å². The number of benzene rings is 1. The highest BCUT2D eigenvalue weighted by Crippen LogP contribution is 2.27. The molecule has 0 bridgehead atoms. The third kappa shape index (κ3) is 4.75. The van der Waals surface area contributed by atoms with E-state index >= 15 is 0 Å². The maximum absolute atomic E-state index is 13.3. The van der Waals surface area contributed by atoms with Gasteiger partial charge in [-0.1, -0.05) is 13.8 Å². The zero-order valence-electron chi connectivity index (χ0n) is 16.9. The van der Waals surface area contributed by atoms with Gasteiger partial charge in [0, 0.05) is 24.7 Å². The van der Waals surface area contributed by atoms with Gasteiger partial charge in [0.2, 0.25) is 5.91 Å². The molecule has 1 N–H and O–H groups in total. The summed E-state index contributed by atoms with van der Waals surface area (Å²) in [5, 5.41) is 3.99. The van der Waals surface area contributed by atoms with Crippen molar-refractivity contribution in [1.82, 2.24) is 19.8 Å². The number of fused-ring (bicyclic) bond motifs is 1. The van der Waals surface area contributed by atoms with Crippen molar-refractivity contribution in [3.8, 4) is 11.3 Å². The molecular formula is C22H27FN4O. The number of hydrogen-bond acceptors (Lipinski definition) is 3. The molecule has 0 aliphatic rings. The Morgan fingerprint density at radius 1 is 1.21 bits per heavy atom. The molecule has 1 amide bonds. The van der Waals surface area contributed by atoms with Gasteiger partial charge in [0.15, 0.2) is 0 Å². The molecule has 0 saturated heterocycles. The lowest BCUT2D eigenvalue weighted by Crippen LogP contribution is -2.41. The fourth-order valence-corrected chi connectivity index (χ4v) is 3.56. The molecule has 3 aromatic rings. The van der Waals surface area contributed by atoms with E-state index in [1.54, 1.807) is 18.3 Å². The maximum Gasteiger partial charge on any atom is 0.240 e. The van der Waals surface area contributed by atoms with Gasteiger partial charge in [0.05, 0.1) is 5.69 Å². The first-order chi connectivity index (χ1) is 13.2. The second-order valence-electron chi connectivity index (χ2n) is 8.22. The summed E-state index contributed by atoms with van der Waals surface area (Å²) in [6, 6.07) is 12.1. The number of nitrogens with one attached hydrogen (secondary N) is 1. The van der Waals surface area contributed by atoms with Gasteiger partial charge in [-0.15, -0.1) is 0 Å². The molecule has 6 heteroatoms. The van der Waals surface area contributed by atoms with Crippen LogP contribution in [-0.2, 0) is 11.3 Å². The zero-order chi connectivity index (χ0) is 20.3. The van der Waals surface area contributed by atoms with E-state index < -0.39 is 0 Å². The van der Waals surface area contributed by atoms with E-state index in [1.807, 2.05) is 36.9 Å². The van der Waals surface area contributed by atoms with E-state index in [0.717, 1.165) is 28.8 Å². The first-order valence-corrected chi connectivity index (χ1v) is 9.37. The smallest absolute Gasteiger partial charge is 0.240 e. The summed E-state index contributed by atoms with van der Waals surface area (Å²) in [7, 11) is 4.05. The monoisotopic (exact) mass is 382 g/mol. The number of hydrogen-bond donors (Lipinski definition) is 1. The summed E-state index contributed by atoms with van der Waals surface area (Å²) < 4.78 is 15.2. The fourth-order valence-electron chi connectivity index (χ4n) is 3.56. The number of carbonyl (C=O) groups is 1. The first kappa shape index (κ1) is 20.0. The molecule has 5 nitrogen and oxygen atoms in total. The Balaban J connectivity index is 1.84. The van der Waals surface area contributed by atoms with Gasteiger partial charge in [0.25, 0.3) is 0 Å². The Hall–Kier alpha value is -2.73. The molecule has 3 rings (SSSR count). The molecule has 0 fully saturated rings. The van der Waals surface area contributed by atoms with E-state index in [-0.39, 0.29) is 23.7 Å². The topological polar surface area (TPSA) is 50.2 Å². The zero-order valence-corrected chi connectivity index (χ0v) is 16.9. The quantitative estimate of drug-likeness (QED) is 0.680. The van der Waals surface area contributed by atoms with Gasteiger partial charge in [-0.25, -0.2) is 9.37 Å². The predicted molar refractivity (Wildman–Crippen MR) is 110 cm³/mol. The highest BCUT2D eigenvalue weighted by molar-refractivity contribution is 5.87. The highest BCUT2D eigenvalue weighted by Gasteiger charge is 2.21. The molecule has 0 atom stereocenters. The lowest BCUT2D eigenvalue weighted by Gasteiger charge is -2.28. The number of pyridine rings is 1. The molecule has 0 unspecified atom stereocenters. The van der Waals surface area contributed by atoms with Crippen molar-refractivity contribution in [3.63, 3.8) is 0 Å². The van der Waals surface area contributed by atoms with E-state index in [9.17, 15) is 9.18 Å². The highest BCUT2D eigenvalue weighted by atomic mass is 19.1. The fraction of sp³-hybridized carbons (Fsp3) is 0.364. The molecule has 0 aliphatic heterocycles. The largest absolute Gasteiger partial charge is 0.354 e. The number of aromatic nitrogens is 2. The van der Waals surface area contributed by atoms with Crippen molar-refractivity contribution in [2.45, 2.75) is 20.4 Å². The van der Waals surface area contributed by atoms with Crippen molar-refractivity contribution in [3.05, 3.63) is 54.5 Å². The van der Waals surface area contributed by atoms with Crippen LogP contribution in [0.15, 0.2) is 48.7 Å². The average Bonchev–Trinajstić information content (AvgIpc) is 2.98. The van der Waals surface area contributed by atoms with E-state index in [4.69, 9.17) is 0 Å². The SMILES string of the molecule is CN(C)CC(C)(C)CNC(=O)Cn1c(-c2ccc(F)cc2)cc2cccnc21. The molecule has 2 heterocycles. The lowest BCUT2D eigenvalue weighted by atomic mass is 9.93. The average molecular weight is 382 g/mol. The Labute approximate surface area is 165 Å². The molecule has 0 saturated carbocycles. The molecule has 0 spiro atoms. The molecule has 148 valence electrons. The number of rotatable bonds is 7. The molecule has 28 heavy (non-hydrogen) atoms. The van der Waals surface area contributed by atoms with E-state index in [2.05, 4.69) is 29.0 Å². The van der Waals surface area contributed by atoms with E-state index in [0.29, 0.717) is 6.54 Å². The van der Waals surface area contributed by atoms with Gasteiger partial charge < -0.3 is 14.8 Å². The summed E-state index contributed by atoms with van der Waals surface area (Å²) in [6.07, 6.45) is 1.71. The van der Waals surface area contributed by atoms with Crippen LogP contribution in [0.1, 0.15) is 13.8 Å². The van der Waals surface area contributed by atoms with Crippen LogP contribution in [0.2, 0.25) is 0 Å². The molecular weight excluding hydrogens is 355 g/mol. The van der Waals surface area contributed by atoms with Gasteiger partial charge in [-0.2, -0.15) is 0 Å². The Kier molecular flexibility index (Phi) is 5.79. The molecule has 1 aromatic carbocycles. The van der Waals surface area contributed by atoms with Crippen LogP contribution in [-0.4, -0.2) is 47.5 Å². The second-order valence-corrected chi connectivity index (χ2v) is 8.22. The minimum Gasteiger partial charge on any atom is -0.354 e. The van der Waals surface area contributed by atoms with Crippen LogP contribution in [0, 0.1) is 11.2 Å². The molecule has 2 aromatic heterocycles. The molecule has 0 radical (unpaired) electrons.